The van der Waals surface area contributed by atoms with Crippen molar-refractivity contribution in [1.82, 2.24) is 10.3 Å². The number of aromatic nitrogens is 1. The maximum absolute atomic E-state index is 12.5. The Morgan fingerprint density at radius 3 is 2.55 bits per heavy atom. The average molecular weight is 447 g/mol. The van der Waals surface area contributed by atoms with Gasteiger partial charge in [-0.15, -0.1) is 0 Å². The lowest BCUT2D eigenvalue weighted by Crippen LogP contribution is -2.49. The van der Waals surface area contributed by atoms with E-state index in [-0.39, 0.29) is 32.9 Å². The molecule has 0 spiro atoms. The molecule has 0 aliphatic heterocycles. The molecule has 0 bridgehead atoms. The zero-order chi connectivity index (χ0) is 23.4. The predicted molar refractivity (Wildman–Crippen MR) is 133 cm³/mol. The number of pyridine rings is 1. The molecule has 31 heavy (non-hydrogen) atoms. The van der Waals surface area contributed by atoms with Crippen molar-refractivity contribution in [3.8, 4) is 0 Å². The van der Waals surface area contributed by atoms with E-state index in [2.05, 4.69) is 62.7 Å². The monoisotopic (exact) mass is 446 g/mol. The highest BCUT2D eigenvalue weighted by Crippen LogP contribution is 2.43. The second kappa shape index (κ2) is 10.0. The number of hydrogen-bond acceptors (Lipinski definition) is 7. The van der Waals surface area contributed by atoms with Crippen LogP contribution < -0.4 is 16.0 Å². The number of amides is 1. The number of carbonyl (C=O) groups excluding carboxylic acids is 1. The summed E-state index contributed by atoms with van der Waals surface area (Å²) in [6.45, 7) is 13.4. The summed E-state index contributed by atoms with van der Waals surface area (Å²) in [6.07, 6.45) is 2.76. The number of nitrogens with one attached hydrogen (secondary N) is 5. The first-order chi connectivity index (χ1) is 14.3. The lowest BCUT2D eigenvalue weighted by molar-refractivity contribution is -0.116. The van der Waals surface area contributed by atoms with Crippen molar-refractivity contribution >= 4 is 39.3 Å². The Kier molecular flexibility index (Phi) is 8.14. The number of carbonyl (C=O) groups is 1. The molecule has 1 aliphatic carbocycles. The minimum Gasteiger partial charge on any atom is -0.382 e. The molecule has 2 rings (SSSR count). The van der Waals surface area contributed by atoms with Crippen LogP contribution >= 0.6 is 11.8 Å². The second-order valence-corrected chi connectivity index (χ2v) is 11.5. The van der Waals surface area contributed by atoms with Gasteiger partial charge in [-0.3, -0.25) is 15.6 Å². The molecule has 5 N–H and O–H groups in total. The van der Waals surface area contributed by atoms with E-state index in [0.29, 0.717) is 0 Å². The zero-order valence-corrected chi connectivity index (χ0v) is 20.7. The van der Waals surface area contributed by atoms with Crippen molar-refractivity contribution in [2.24, 2.45) is 10.8 Å². The van der Waals surface area contributed by atoms with Gasteiger partial charge in [0.25, 0.3) is 5.91 Å². The third kappa shape index (κ3) is 7.23. The van der Waals surface area contributed by atoms with Crippen molar-refractivity contribution in [3.05, 3.63) is 17.8 Å². The van der Waals surface area contributed by atoms with Crippen LogP contribution in [-0.4, -0.2) is 40.6 Å². The SMILES string of the molecule is CNc1nc(C2CCC(C)(C)C(NC(=O)C(=N)SC(C)=N)C2)ccc1NCC(C)(C)C. The van der Waals surface area contributed by atoms with Crippen molar-refractivity contribution < 1.29 is 4.79 Å². The number of nitrogens with zero attached hydrogens (tertiary/aromatic N) is 1. The number of rotatable bonds is 5. The Labute approximate surface area is 191 Å². The van der Waals surface area contributed by atoms with Gasteiger partial charge in [-0.2, -0.15) is 0 Å². The summed E-state index contributed by atoms with van der Waals surface area (Å²) in [5.41, 5.74) is 2.14. The Morgan fingerprint density at radius 2 is 1.97 bits per heavy atom. The predicted octanol–water partition coefficient (Wildman–Crippen LogP) is 5.07. The van der Waals surface area contributed by atoms with Crippen molar-refractivity contribution in [1.29, 1.82) is 10.8 Å². The van der Waals surface area contributed by atoms with E-state index in [1.165, 1.54) is 0 Å². The van der Waals surface area contributed by atoms with Gasteiger partial charge in [-0.05, 0) is 49.1 Å². The lowest BCUT2D eigenvalue weighted by atomic mass is 9.68. The van der Waals surface area contributed by atoms with Crippen LogP contribution in [0, 0.1) is 21.6 Å². The molecular formula is C23H38N6OS. The van der Waals surface area contributed by atoms with Crippen LogP contribution in [0.2, 0.25) is 0 Å². The summed E-state index contributed by atoms with van der Waals surface area (Å²) in [5.74, 6) is 0.682. The van der Waals surface area contributed by atoms with E-state index in [0.717, 1.165) is 54.8 Å². The van der Waals surface area contributed by atoms with E-state index in [1.54, 1.807) is 6.92 Å². The molecule has 8 heteroatoms. The maximum atomic E-state index is 12.5. The molecule has 1 heterocycles. The molecule has 0 radical (unpaired) electrons. The molecule has 1 saturated carbocycles. The van der Waals surface area contributed by atoms with Gasteiger partial charge in [0.05, 0.1) is 10.7 Å². The first kappa shape index (κ1) is 25.2. The van der Waals surface area contributed by atoms with E-state index in [1.807, 2.05) is 7.05 Å². The van der Waals surface area contributed by atoms with E-state index in [4.69, 9.17) is 15.8 Å². The van der Waals surface area contributed by atoms with Crippen LogP contribution in [0.4, 0.5) is 11.5 Å². The van der Waals surface area contributed by atoms with Crippen LogP contribution in [-0.2, 0) is 4.79 Å². The highest BCUT2D eigenvalue weighted by Gasteiger charge is 2.38. The summed E-state index contributed by atoms with van der Waals surface area (Å²) in [6, 6.07) is 4.13. The van der Waals surface area contributed by atoms with E-state index < -0.39 is 5.91 Å². The quantitative estimate of drug-likeness (QED) is 0.320. The third-order valence-corrected chi connectivity index (χ3v) is 6.44. The molecule has 0 aromatic carbocycles. The normalized spacial score (nSPS) is 20.6. The first-order valence-corrected chi connectivity index (χ1v) is 11.7. The largest absolute Gasteiger partial charge is 0.382 e. The summed E-state index contributed by atoms with van der Waals surface area (Å²) in [5, 5.41) is 25.3. The highest BCUT2D eigenvalue weighted by molar-refractivity contribution is 8.27. The number of anilines is 2. The Balaban J connectivity index is 2.15. The van der Waals surface area contributed by atoms with E-state index in [9.17, 15) is 4.79 Å². The van der Waals surface area contributed by atoms with Crippen molar-refractivity contribution in [2.45, 2.75) is 72.8 Å². The molecule has 2 atom stereocenters. The molecule has 2 unspecified atom stereocenters. The maximum Gasteiger partial charge on any atom is 0.276 e. The molecule has 1 aromatic rings. The van der Waals surface area contributed by atoms with Gasteiger partial charge in [-0.25, -0.2) is 4.98 Å². The molecule has 172 valence electrons. The fourth-order valence-electron chi connectivity index (χ4n) is 3.78. The van der Waals surface area contributed by atoms with Crippen LogP contribution in [0.15, 0.2) is 12.1 Å². The zero-order valence-electron chi connectivity index (χ0n) is 19.9. The summed E-state index contributed by atoms with van der Waals surface area (Å²) >= 11 is 0.888. The highest BCUT2D eigenvalue weighted by atomic mass is 32.2. The molecule has 1 amide bonds. The summed E-state index contributed by atoms with van der Waals surface area (Å²) in [7, 11) is 1.88. The summed E-state index contributed by atoms with van der Waals surface area (Å²) in [4.78, 5) is 17.4. The molecular weight excluding hydrogens is 408 g/mol. The van der Waals surface area contributed by atoms with Gasteiger partial charge >= 0.3 is 0 Å². The summed E-state index contributed by atoms with van der Waals surface area (Å²) < 4.78 is 0. The van der Waals surface area contributed by atoms with Crippen LogP contribution in [0.25, 0.3) is 0 Å². The molecule has 1 aliphatic rings. The van der Waals surface area contributed by atoms with Crippen LogP contribution in [0.3, 0.4) is 0 Å². The van der Waals surface area contributed by atoms with E-state index >= 15 is 0 Å². The molecule has 0 saturated heterocycles. The fraction of sp³-hybridized carbons (Fsp3) is 0.652. The van der Waals surface area contributed by atoms with Gasteiger partial charge < -0.3 is 16.0 Å². The lowest BCUT2D eigenvalue weighted by Gasteiger charge is -2.42. The number of hydrogen-bond donors (Lipinski definition) is 5. The Hall–Kier alpha value is -2.09. The fourth-order valence-corrected chi connectivity index (χ4v) is 4.24. The van der Waals surface area contributed by atoms with Gasteiger partial charge in [0, 0.05) is 31.2 Å². The average Bonchev–Trinajstić information content (AvgIpc) is 2.66. The molecule has 7 nitrogen and oxygen atoms in total. The Morgan fingerprint density at radius 1 is 1.29 bits per heavy atom. The van der Waals surface area contributed by atoms with Crippen molar-refractivity contribution in [2.75, 3.05) is 24.2 Å². The molecule has 1 fully saturated rings. The minimum absolute atomic E-state index is 0.0516. The topological polar surface area (TPSA) is 114 Å². The van der Waals surface area contributed by atoms with Gasteiger partial charge in [0.2, 0.25) is 0 Å². The van der Waals surface area contributed by atoms with Gasteiger partial charge in [0.1, 0.15) is 5.82 Å². The van der Waals surface area contributed by atoms with Crippen molar-refractivity contribution in [3.63, 3.8) is 0 Å². The smallest absolute Gasteiger partial charge is 0.276 e. The van der Waals surface area contributed by atoms with Gasteiger partial charge in [0.15, 0.2) is 5.04 Å². The van der Waals surface area contributed by atoms with Crippen LogP contribution in [0.1, 0.15) is 72.4 Å². The van der Waals surface area contributed by atoms with Gasteiger partial charge in [-0.1, -0.05) is 46.4 Å². The minimum atomic E-state index is -0.402. The first-order valence-electron chi connectivity index (χ1n) is 10.9. The second-order valence-electron chi connectivity index (χ2n) is 10.3. The molecule has 1 aromatic heterocycles. The Bertz CT molecular complexity index is 830. The standard InChI is InChI=1S/C23H38N6OS/c1-14(24)31-19(25)21(30)29-18-12-15(10-11-23(18,5)6)16-8-9-17(20(26-7)28-16)27-13-22(2,3)4/h8-9,15,18,24-25,27H,10-13H2,1-7H3,(H,26,28)(H,29,30). The third-order valence-electron chi connectivity index (χ3n) is 5.75. The number of thioether (sulfide) groups is 1. The van der Waals surface area contributed by atoms with Crippen LogP contribution in [0.5, 0.6) is 0 Å².